The maximum Gasteiger partial charge on any atom is 0.218 e. The summed E-state index contributed by atoms with van der Waals surface area (Å²) in [6, 6.07) is 11.1. The van der Waals surface area contributed by atoms with Crippen LogP contribution in [0.25, 0.3) is 22.2 Å². The van der Waals surface area contributed by atoms with Crippen LogP contribution in [0.4, 0.5) is 5.82 Å². The van der Waals surface area contributed by atoms with Crippen LogP contribution in [0.1, 0.15) is 21.6 Å². The van der Waals surface area contributed by atoms with Gasteiger partial charge in [-0.3, -0.25) is 4.79 Å². The lowest BCUT2D eigenvalue weighted by Crippen LogP contribution is -2.12. The van der Waals surface area contributed by atoms with E-state index >= 15 is 0 Å². The largest absolute Gasteiger partial charge is 0.368 e. The van der Waals surface area contributed by atoms with Crippen LogP contribution in [0.2, 0.25) is 15.1 Å². The first-order valence-electron chi connectivity index (χ1n) is 9.80. The van der Waals surface area contributed by atoms with Gasteiger partial charge in [0.05, 0.1) is 31.8 Å². The van der Waals surface area contributed by atoms with Gasteiger partial charge >= 0.3 is 0 Å². The first-order chi connectivity index (χ1) is 15.3. The standard InChI is InChI=1S/C23H19Cl3N4OS/c1-12-7-14(9-18(26)21(12)23(31)32)19-10-20(29-11-28-19)27-5-6-30-13(2)8-15-16(24)3-4-17(25)22(15)30/h3-4,7-11H,5-6H2,1-2H3,(H,31,32)(H,27,28,29). The van der Waals surface area contributed by atoms with Crippen molar-refractivity contribution in [3.05, 3.63) is 74.6 Å². The van der Waals surface area contributed by atoms with Gasteiger partial charge in [0.2, 0.25) is 5.12 Å². The second kappa shape index (κ2) is 9.32. The van der Waals surface area contributed by atoms with Crippen molar-refractivity contribution in [2.75, 3.05) is 11.9 Å². The first-order valence-corrected chi connectivity index (χ1v) is 11.4. The molecular formula is C23H19Cl3N4OS. The van der Waals surface area contributed by atoms with Crippen molar-refractivity contribution in [3.63, 3.8) is 0 Å². The Labute approximate surface area is 206 Å². The van der Waals surface area contributed by atoms with Crippen LogP contribution in [-0.4, -0.2) is 26.2 Å². The van der Waals surface area contributed by atoms with E-state index in [4.69, 9.17) is 34.8 Å². The van der Waals surface area contributed by atoms with Crippen LogP contribution < -0.4 is 5.32 Å². The SMILES string of the molecule is Cc1cc(-c2cc(NCCn3c(C)cc4c(Cl)ccc(Cl)c43)ncn2)cc(Cl)c1C(=O)S. The lowest BCUT2D eigenvalue weighted by molar-refractivity contribution is 0.109. The van der Waals surface area contributed by atoms with Crippen molar-refractivity contribution in [2.45, 2.75) is 20.4 Å². The van der Waals surface area contributed by atoms with Gasteiger partial charge in [-0.15, -0.1) is 12.6 Å². The zero-order valence-electron chi connectivity index (χ0n) is 17.3. The number of anilines is 1. The minimum Gasteiger partial charge on any atom is -0.368 e. The fraction of sp³-hybridized carbons (Fsp3) is 0.174. The Balaban J connectivity index is 1.54. The summed E-state index contributed by atoms with van der Waals surface area (Å²) in [6.45, 7) is 5.15. The molecule has 2 aromatic heterocycles. The molecule has 164 valence electrons. The summed E-state index contributed by atoms with van der Waals surface area (Å²) >= 11 is 23.0. The second-order valence-corrected chi connectivity index (χ2v) is 9.03. The highest BCUT2D eigenvalue weighted by Crippen LogP contribution is 2.33. The molecule has 0 aliphatic heterocycles. The molecular weight excluding hydrogens is 487 g/mol. The fourth-order valence-electron chi connectivity index (χ4n) is 3.79. The maximum absolute atomic E-state index is 11.7. The van der Waals surface area contributed by atoms with E-state index in [2.05, 4.69) is 32.5 Å². The number of carbonyl (C=O) groups is 1. The highest BCUT2D eigenvalue weighted by molar-refractivity contribution is 7.97. The van der Waals surface area contributed by atoms with E-state index in [-0.39, 0.29) is 5.12 Å². The fourth-order valence-corrected chi connectivity index (χ4v) is 4.98. The molecule has 1 N–H and O–H groups in total. The van der Waals surface area contributed by atoms with Gasteiger partial charge in [-0.2, -0.15) is 0 Å². The van der Waals surface area contributed by atoms with Gasteiger partial charge in [-0.25, -0.2) is 9.97 Å². The average molecular weight is 506 g/mol. The summed E-state index contributed by atoms with van der Waals surface area (Å²) < 4.78 is 2.13. The van der Waals surface area contributed by atoms with Crippen molar-refractivity contribution in [1.29, 1.82) is 0 Å². The van der Waals surface area contributed by atoms with Gasteiger partial charge < -0.3 is 9.88 Å². The van der Waals surface area contributed by atoms with Crippen molar-refractivity contribution in [3.8, 4) is 11.3 Å². The van der Waals surface area contributed by atoms with Crippen molar-refractivity contribution in [1.82, 2.24) is 14.5 Å². The van der Waals surface area contributed by atoms with E-state index in [0.717, 1.165) is 27.7 Å². The van der Waals surface area contributed by atoms with Gasteiger partial charge in [0.1, 0.15) is 12.1 Å². The molecule has 0 atom stereocenters. The Hall–Kier alpha value is -2.25. The number of thiol groups is 1. The lowest BCUT2D eigenvalue weighted by Gasteiger charge is -2.12. The van der Waals surface area contributed by atoms with Gasteiger partial charge in [0.25, 0.3) is 0 Å². The molecule has 0 unspecified atom stereocenters. The lowest BCUT2D eigenvalue weighted by atomic mass is 10.0. The number of rotatable bonds is 6. The summed E-state index contributed by atoms with van der Waals surface area (Å²) in [4.78, 5) is 20.3. The Bertz CT molecular complexity index is 1330. The topological polar surface area (TPSA) is 59.8 Å². The molecule has 0 aliphatic rings. The number of nitrogens with zero attached hydrogens (tertiary/aromatic N) is 3. The summed E-state index contributed by atoms with van der Waals surface area (Å²) in [6.07, 6.45) is 1.49. The molecule has 4 rings (SSSR count). The van der Waals surface area contributed by atoms with Crippen LogP contribution in [0.15, 0.2) is 42.7 Å². The number of halogens is 3. The van der Waals surface area contributed by atoms with E-state index in [9.17, 15) is 4.79 Å². The predicted octanol–water partition coefficient (Wildman–Crippen LogP) is 6.86. The van der Waals surface area contributed by atoms with Gasteiger partial charge in [0, 0.05) is 35.8 Å². The number of fused-ring (bicyclic) bond motifs is 1. The molecule has 32 heavy (non-hydrogen) atoms. The normalized spacial score (nSPS) is 11.2. The van der Waals surface area contributed by atoms with Gasteiger partial charge in [-0.05, 0) is 49.7 Å². The summed E-state index contributed by atoms with van der Waals surface area (Å²) in [7, 11) is 0. The third-order valence-corrected chi connectivity index (χ3v) is 6.43. The summed E-state index contributed by atoms with van der Waals surface area (Å²) in [5, 5.41) is 5.60. The molecule has 0 amide bonds. The Morgan fingerprint density at radius 2 is 1.78 bits per heavy atom. The highest BCUT2D eigenvalue weighted by Gasteiger charge is 2.14. The summed E-state index contributed by atoms with van der Waals surface area (Å²) in [5.74, 6) is 0.677. The number of benzene rings is 2. The Morgan fingerprint density at radius 3 is 2.50 bits per heavy atom. The molecule has 4 aromatic rings. The van der Waals surface area contributed by atoms with E-state index in [1.54, 1.807) is 6.07 Å². The second-order valence-electron chi connectivity index (χ2n) is 7.40. The van der Waals surface area contributed by atoms with Gasteiger partial charge in [0.15, 0.2) is 0 Å². The summed E-state index contributed by atoms with van der Waals surface area (Å²) in [5.41, 5.74) is 4.63. The van der Waals surface area contributed by atoms with Crippen molar-refractivity contribution in [2.24, 2.45) is 0 Å². The monoisotopic (exact) mass is 504 g/mol. The molecule has 9 heteroatoms. The minimum absolute atomic E-state index is 0.346. The minimum atomic E-state index is -0.363. The zero-order chi connectivity index (χ0) is 23.0. The van der Waals surface area contributed by atoms with Crippen LogP contribution in [-0.2, 0) is 6.54 Å². The number of aryl methyl sites for hydroxylation is 2. The molecule has 2 heterocycles. The number of aromatic nitrogens is 3. The molecule has 0 aliphatic carbocycles. The molecule has 0 spiro atoms. The van der Waals surface area contributed by atoms with Crippen molar-refractivity contribution >= 4 is 69.3 Å². The van der Waals surface area contributed by atoms with E-state index in [0.29, 0.717) is 45.2 Å². The number of hydrogen-bond donors (Lipinski definition) is 2. The predicted molar refractivity (Wildman–Crippen MR) is 136 cm³/mol. The molecule has 0 saturated carbocycles. The Morgan fingerprint density at radius 1 is 1.03 bits per heavy atom. The van der Waals surface area contributed by atoms with Crippen LogP contribution in [0, 0.1) is 13.8 Å². The van der Waals surface area contributed by atoms with Gasteiger partial charge in [-0.1, -0.05) is 34.8 Å². The van der Waals surface area contributed by atoms with Crippen LogP contribution in [0.3, 0.4) is 0 Å². The van der Waals surface area contributed by atoms with E-state index in [1.165, 1.54) is 6.33 Å². The molecule has 0 radical (unpaired) electrons. The molecule has 0 fully saturated rings. The van der Waals surface area contributed by atoms with E-state index < -0.39 is 0 Å². The smallest absolute Gasteiger partial charge is 0.218 e. The van der Waals surface area contributed by atoms with E-state index in [1.807, 2.05) is 44.2 Å². The number of nitrogens with one attached hydrogen (secondary N) is 1. The zero-order valence-corrected chi connectivity index (χ0v) is 20.4. The number of hydrogen-bond acceptors (Lipinski definition) is 4. The molecule has 2 aromatic carbocycles. The number of carbonyl (C=O) groups excluding carboxylic acids is 1. The Kier molecular flexibility index (Phi) is 6.67. The molecule has 0 bridgehead atoms. The average Bonchev–Trinajstić information content (AvgIpc) is 3.08. The first kappa shape index (κ1) is 22.9. The maximum atomic E-state index is 11.7. The third kappa shape index (κ3) is 4.46. The quantitative estimate of drug-likeness (QED) is 0.281. The van der Waals surface area contributed by atoms with Crippen molar-refractivity contribution < 1.29 is 4.79 Å². The van der Waals surface area contributed by atoms with Crippen LogP contribution in [0.5, 0.6) is 0 Å². The molecule has 5 nitrogen and oxygen atoms in total. The highest BCUT2D eigenvalue weighted by atomic mass is 35.5. The molecule has 0 saturated heterocycles. The van der Waals surface area contributed by atoms with Crippen LogP contribution >= 0.6 is 47.4 Å². The third-order valence-electron chi connectivity index (χ3n) is 5.27.